The Balaban J connectivity index is 2.15. The van der Waals surface area contributed by atoms with E-state index < -0.39 is 17.7 Å². The summed E-state index contributed by atoms with van der Waals surface area (Å²) in [6.45, 7) is 0. The van der Waals surface area contributed by atoms with Crippen LogP contribution in [0.2, 0.25) is 0 Å². The summed E-state index contributed by atoms with van der Waals surface area (Å²) in [4.78, 5) is 24.2. The molecule has 0 saturated heterocycles. The third-order valence-corrected chi connectivity index (χ3v) is 3.40. The molecule has 0 spiro atoms. The molecule has 0 aliphatic heterocycles. The minimum Gasteiger partial charge on any atom is -0.388 e. The van der Waals surface area contributed by atoms with Crippen molar-refractivity contribution in [3.05, 3.63) is 71.3 Å². The van der Waals surface area contributed by atoms with E-state index in [9.17, 15) is 14.7 Å². The van der Waals surface area contributed by atoms with Crippen LogP contribution in [0, 0.1) is 0 Å². The molecule has 2 aromatic rings. The van der Waals surface area contributed by atoms with Gasteiger partial charge in [0.05, 0.1) is 6.10 Å². The van der Waals surface area contributed by atoms with Gasteiger partial charge in [-0.2, -0.15) is 0 Å². The Labute approximate surface area is 128 Å². The van der Waals surface area contributed by atoms with Crippen molar-refractivity contribution in [3.8, 4) is 0 Å². The van der Waals surface area contributed by atoms with Crippen molar-refractivity contribution >= 4 is 23.2 Å². The first kappa shape index (κ1) is 15.4. The van der Waals surface area contributed by atoms with Gasteiger partial charge in [0.1, 0.15) is 0 Å². The second-order valence-corrected chi connectivity index (χ2v) is 5.02. The lowest BCUT2D eigenvalue weighted by molar-refractivity contribution is 0.0817. The molecule has 0 radical (unpaired) electrons. The number of hydrogen-bond donors (Lipinski definition) is 1. The lowest BCUT2D eigenvalue weighted by Crippen LogP contribution is -2.14. The summed E-state index contributed by atoms with van der Waals surface area (Å²) in [5.41, 5.74) is 1.36. The van der Waals surface area contributed by atoms with Gasteiger partial charge < -0.3 is 5.11 Å². The second-order valence-electron chi connectivity index (χ2n) is 4.64. The number of alkyl halides is 1. The molecule has 3 nitrogen and oxygen atoms in total. The largest absolute Gasteiger partial charge is 0.388 e. The number of hydrogen-bond acceptors (Lipinski definition) is 3. The summed E-state index contributed by atoms with van der Waals surface area (Å²) in [6.07, 6.45) is -0.214. The summed E-state index contributed by atoms with van der Waals surface area (Å²) in [7, 11) is 0. The SMILES string of the molecule is O=C(C(=O)c1ccc(C(O)CCCl)cc1)c1ccccc1. The van der Waals surface area contributed by atoms with Crippen molar-refractivity contribution in [2.24, 2.45) is 0 Å². The van der Waals surface area contributed by atoms with Gasteiger partial charge in [0, 0.05) is 17.0 Å². The van der Waals surface area contributed by atoms with Crippen molar-refractivity contribution in [1.82, 2.24) is 0 Å². The average molecular weight is 303 g/mol. The van der Waals surface area contributed by atoms with E-state index in [0.29, 0.717) is 29.0 Å². The molecular formula is C17H15ClO3. The number of halogens is 1. The number of aliphatic hydroxyl groups is 1. The lowest BCUT2D eigenvalue weighted by Gasteiger charge is -2.09. The van der Waals surface area contributed by atoms with Crippen molar-refractivity contribution in [2.45, 2.75) is 12.5 Å². The summed E-state index contributed by atoms with van der Waals surface area (Å²) >= 11 is 5.58. The molecule has 0 fully saturated rings. The number of benzene rings is 2. The maximum absolute atomic E-state index is 12.1. The Morgan fingerprint density at radius 1 is 0.905 bits per heavy atom. The summed E-state index contributed by atoms with van der Waals surface area (Å²) in [5.74, 6) is -0.738. The Morgan fingerprint density at radius 3 is 1.95 bits per heavy atom. The number of carbonyl (C=O) groups excluding carboxylic acids is 2. The minimum absolute atomic E-state index is 0.311. The molecule has 0 aliphatic carbocycles. The second kappa shape index (κ2) is 7.16. The van der Waals surface area contributed by atoms with Crippen LogP contribution in [0.5, 0.6) is 0 Å². The molecule has 1 atom stereocenters. The summed E-state index contributed by atoms with van der Waals surface area (Å²) in [6, 6.07) is 14.8. The first-order valence-corrected chi connectivity index (χ1v) is 7.15. The highest BCUT2D eigenvalue weighted by atomic mass is 35.5. The molecule has 0 aromatic heterocycles. The van der Waals surface area contributed by atoms with E-state index in [1.54, 1.807) is 54.6 Å². The monoisotopic (exact) mass is 302 g/mol. The van der Waals surface area contributed by atoms with Crippen molar-refractivity contribution < 1.29 is 14.7 Å². The maximum Gasteiger partial charge on any atom is 0.233 e. The maximum atomic E-state index is 12.1. The van der Waals surface area contributed by atoms with E-state index in [1.807, 2.05) is 0 Å². The molecule has 0 saturated carbocycles. The normalized spacial score (nSPS) is 11.9. The van der Waals surface area contributed by atoms with E-state index in [1.165, 1.54) is 0 Å². The zero-order chi connectivity index (χ0) is 15.2. The third-order valence-electron chi connectivity index (χ3n) is 3.18. The van der Waals surface area contributed by atoms with Crippen molar-refractivity contribution in [2.75, 3.05) is 5.88 Å². The van der Waals surface area contributed by atoms with Gasteiger partial charge >= 0.3 is 0 Å². The van der Waals surface area contributed by atoms with Crippen molar-refractivity contribution in [1.29, 1.82) is 0 Å². The summed E-state index contributed by atoms with van der Waals surface area (Å²) < 4.78 is 0. The van der Waals surface area contributed by atoms with Gasteiger partial charge in [-0.15, -0.1) is 11.6 Å². The van der Waals surface area contributed by atoms with Gasteiger partial charge in [-0.1, -0.05) is 54.6 Å². The Kier molecular flexibility index (Phi) is 5.26. The molecule has 0 aliphatic rings. The molecule has 0 amide bonds. The highest BCUT2D eigenvalue weighted by Gasteiger charge is 2.18. The van der Waals surface area contributed by atoms with Gasteiger partial charge in [-0.25, -0.2) is 0 Å². The van der Waals surface area contributed by atoms with Crippen LogP contribution in [-0.4, -0.2) is 22.6 Å². The smallest absolute Gasteiger partial charge is 0.233 e. The first-order valence-electron chi connectivity index (χ1n) is 6.61. The van der Waals surface area contributed by atoms with Gasteiger partial charge in [0.2, 0.25) is 11.6 Å². The number of rotatable bonds is 6. The highest BCUT2D eigenvalue weighted by molar-refractivity contribution is 6.49. The lowest BCUT2D eigenvalue weighted by atomic mass is 9.99. The van der Waals surface area contributed by atoms with Gasteiger partial charge in [-0.05, 0) is 12.0 Å². The summed E-state index contributed by atoms with van der Waals surface area (Å²) in [5, 5.41) is 9.80. The molecule has 1 N–H and O–H groups in total. The molecule has 0 bridgehead atoms. The third kappa shape index (κ3) is 3.78. The van der Waals surface area contributed by atoms with Crippen LogP contribution < -0.4 is 0 Å². The van der Waals surface area contributed by atoms with Gasteiger partial charge in [0.15, 0.2) is 0 Å². The Hall–Kier alpha value is -1.97. The zero-order valence-corrected chi connectivity index (χ0v) is 12.1. The van der Waals surface area contributed by atoms with Crippen LogP contribution in [0.25, 0.3) is 0 Å². The molecule has 108 valence electrons. The van der Waals surface area contributed by atoms with E-state index in [-0.39, 0.29) is 0 Å². The molecule has 0 heterocycles. The Morgan fingerprint density at radius 2 is 1.43 bits per heavy atom. The number of Topliss-reactive ketones (excluding diaryl/α,β-unsaturated/α-hetero) is 2. The fourth-order valence-electron chi connectivity index (χ4n) is 1.98. The average Bonchev–Trinajstić information content (AvgIpc) is 2.54. The van der Waals surface area contributed by atoms with Crippen molar-refractivity contribution in [3.63, 3.8) is 0 Å². The fourth-order valence-corrected chi connectivity index (χ4v) is 2.19. The predicted octanol–water partition coefficient (Wildman–Crippen LogP) is 3.41. The molecule has 2 rings (SSSR count). The van der Waals surface area contributed by atoms with E-state index in [4.69, 9.17) is 11.6 Å². The number of ketones is 2. The standard InChI is InChI=1S/C17H15ClO3/c18-11-10-15(19)12-6-8-14(9-7-12)17(21)16(20)13-4-2-1-3-5-13/h1-9,15,19H,10-11H2. The molecule has 4 heteroatoms. The first-order chi connectivity index (χ1) is 10.1. The quantitative estimate of drug-likeness (QED) is 0.505. The van der Waals surface area contributed by atoms with E-state index in [0.717, 1.165) is 0 Å². The van der Waals surface area contributed by atoms with Crippen LogP contribution in [0.1, 0.15) is 38.8 Å². The molecule has 1 unspecified atom stereocenters. The van der Waals surface area contributed by atoms with E-state index >= 15 is 0 Å². The van der Waals surface area contributed by atoms with Crippen LogP contribution in [0.4, 0.5) is 0 Å². The number of aliphatic hydroxyl groups excluding tert-OH is 1. The minimum atomic E-state index is -0.656. The van der Waals surface area contributed by atoms with Gasteiger partial charge in [0.25, 0.3) is 0 Å². The Bertz CT molecular complexity index is 620. The predicted molar refractivity (Wildman–Crippen MR) is 81.8 cm³/mol. The van der Waals surface area contributed by atoms with E-state index in [2.05, 4.69) is 0 Å². The molecular weight excluding hydrogens is 288 g/mol. The van der Waals surface area contributed by atoms with Crippen LogP contribution in [0.3, 0.4) is 0 Å². The number of carbonyl (C=O) groups is 2. The zero-order valence-electron chi connectivity index (χ0n) is 11.3. The molecule has 21 heavy (non-hydrogen) atoms. The van der Waals surface area contributed by atoms with Crippen LogP contribution in [-0.2, 0) is 0 Å². The van der Waals surface area contributed by atoms with Gasteiger partial charge in [-0.3, -0.25) is 9.59 Å². The fraction of sp³-hybridized carbons (Fsp3) is 0.176. The highest BCUT2D eigenvalue weighted by Crippen LogP contribution is 2.18. The molecule has 2 aromatic carbocycles. The topological polar surface area (TPSA) is 54.4 Å². The van der Waals surface area contributed by atoms with Crippen LogP contribution in [0.15, 0.2) is 54.6 Å². The van der Waals surface area contributed by atoms with Crippen LogP contribution >= 0.6 is 11.6 Å².